The van der Waals surface area contributed by atoms with E-state index in [1.165, 1.54) is 0 Å². The molecule has 0 radical (unpaired) electrons. The lowest BCUT2D eigenvalue weighted by atomic mass is 10.1. The number of carboxylic acids is 1. The molecular formula is C12H9N5O7S. The van der Waals surface area contributed by atoms with Crippen molar-refractivity contribution >= 4 is 39.7 Å². The largest absolute Gasteiger partial charge is 0.481 e. The number of hydrogen-bond acceptors (Lipinski definition) is 9. The first-order chi connectivity index (χ1) is 11.8. The summed E-state index contributed by atoms with van der Waals surface area (Å²) in [6, 6.07) is 2.54. The number of aromatic nitrogens is 2. The van der Waals surface area contributed by atoms with E-state index in [0.717, 1.165) is 29.5 Å². The molecule has 2 N–H and O–H groups in total. The Kier molecular flexibility index (Phi) is 5.28. The number of amides is 1. The monoisotopic (exact) mass is 367 g/mol. The summed E-state index contributed by atoms with van der Waals surface area (Å²) in [7, 11) is 0. The molecule has 2 aromatic rings. The molecule has 0 unspecified atom stereocenters. The second kappa shape index (κ2) is 7.39. The normalized spacial score (nSPS) is 10.2. The zero-order chi connectivity index (χ0) is 18.6. The maximum Gasteiger partial charge on any atom is 0.303 e. The summed E-state index contributed by atoms with van der Waals surface area (Å²) in [5, 5.41) is 40.3. The highest BCUT2D eigenvalue weighted by atomic mass is 32.1. The molecule has 0 bridgehead atoms. The van der Waals surface area contributed by atoms with E-state index in [2.05, 4.69) is 15.5 Å². The summed E-state index contributed by atoms with van der Waals surface area (Å²) in [6.07, 6.45) is -0.0230. The van der Waals surface area contributed by atoms with Gasteiger partial charge < -0.3 is 5.11 Å². The number of nitro groups is 2. The van der Waals surface area contributed by atoms with Crippen LogP contribution in [0.2, 0.25) is 0 Å². The summed E-state index contributed by atoms with van der Waals surface area (Å²) in [5.41, 5.74) is -1.49. The molecular weight excluding hydrogens is 358 g/mol. The molecule has 0 saturated carbocycles. The average molecular weight is 367 g/mol. The SMILES string of the molecule is O=C(O)CCc1nnc(NC(=O)c2cc([N+](=O)[O-])cc([N+](=O)[O-])c2)s1. The van der Waals surface area contributed by atoms with Crippen LogP contribution in [0.25, 0.3) is 0 Å². The van der Waals surface area contributed by atoms with E-state index in [9.17, 15) is 29.8 Å². The molecule has 0 aliphatic carbocycles. The molecule has 130 valence electrons. The smallest absolute Gasteiger partial charge is 0.303 e. The summed E-state index contributed by atoms with van der Waals surface area (Å²) in [6.45, 7) is 0. The number of carbonyl (C=O) groups is 2. The van der Waals surface area contributed by atoms with E-state index >= 15 is 0 Å². The molecule has 0 fully saturated rings. The van der Waals surface area contributed by atoms with E-state index in [4.69, 9.17) is 5.11 Å². The van der Waals surface area contributed by atoms with Gasteiger partial charge in [0.1, 0.15) is 5.01 Å². The van der Waals surface area contributed by atoms with Gasteiger partial charge in [-0.2, -0.15) is 0 Å². The van der Waals surface area contributed by atoms with E-state index in [-0.39, 0.29) is 23.5 Å². The van der Waals surface area contributed by atoms with Crippen molar-refractivity contribution in [2.75, 3.05) is 5.32 Å². The number of aliphatic carboxylic acids is 1. The summed E-state index contributed by atoms with van der Waals surface area (Å²) < 4.78 is 0. The van der Waals surface area contributed by atoms with E-state index in [0.29, 0.717) is 5.01 Å². The third kappa shape index (κ3) is 4.74. The Balaban J connectivity index is 2.19. The van der Waals surface area contributed by atoms with E-state index < -0.39 is 33.1 Å². The van der Waals surface area contributed by atoms with Crippen LogP contribution < -0.4 is 5.32 Å². The van der Waals surface area contributed by atoms with Crippen molar-refractivity contribution in [2.45, 2.75) is 12.8 Å². The van der Waals surface area contributed by atoms with Crippen molar-refractivity contribution in [1.29, 1.82) is 0 Å². The van der Waals surface area contributed by atoms with Gasteiger partial charge in [0, 0.05) is 18.6 Å². The lowest BCUT2D eigenvalue weighted by Gasteiger charge is -2.01. The molecule has 0 aliphatic rings. The lowest BCUT2D eigenvalue weighted by molar-refractivity contribution is -0.394. The van der Waals surface area contributed by atoms with Crippen molar-refractivity contribution in [1.82, 2.24) is 10.2 Å². The van der Waals surface area contributed by atoms with Crippen molar-refractivity contribution in [3.63, 3.8) is 0 Å². The first-order valence-electron chi connectivity index (χ1n) is 6.55. The zero-order valence-corrected chi connectivity index (χ0v) is 13.1. The van der Waals surface area contributed by atoms with Gasteiger partial charge in [-0.1, -0.05) is 11.3 Å². The Morgan fingerprint density at radius 3 is 2.24 bits per heavy atom. The predicted octanol–water partition coefficient (Wildman–Crippen LogP) is 1.62. The van der Waals surface area contributed by atoms with Crippen LogP contribution in [0.1, 0.15) is 21.8 Å². The maximum atomic E-state index is 12.1. The molecule has 1 heterocycles. The Morgan fingerprint density at radius 2 is 1.72 bits per heavy atom. The highest BCUT2D eigenvalue weighted by Crippen LogP contribution is 2.24. The molecule has 13 heteroatoms. The van der Waals surface area contributed by atoms with Crippen LogP contribution in [0, 0.1) is 20.2 Å². The van der Waals surface area contributed by atoms with Gasteiger partial charge in [0.25, 0.3) is 17.3 Å². The van der Waals surface area contributed by atoms with Crippen molar-refractivity contribution < 1.29 is 24.5 Å². The number of carboxylic acid groups (broad SMARTS) is 1. The van der Waals surface area contributed by atoms with Crippen molar-refractivity contribution in [3.05, 3.63) is 49.0 Å². The number of anilines is 1. The van der Waals surface area contributed by atoms with E-state index in [1.54, 1.807) is 0 Å². The van der Waals surface area contributed by atoms with Gasteiger partial charge in [-0.25, -0.2) is 0 Å². The van der Waals surface area contributed by atoms with Gasteiger partial charge in [-0.3, -0.25) is 35.1 Å². The number of nitrogens with one attached hydrogen (secondary N) is 1. The number of aryl methyl sites for hydroxylation is 1. The Labute approximate surface area is 142 Å². The average Bonchev–Trinajstić information content (AvgIpc) is 2.99. The van der Waals surface area contributed by atoms with Gasteiger partial charge in [0.15, 0.2) is 0 Å². The van der Waals surface area contributed by atoms with Gasteiger partial charge in [0.05, 0.1) is 27.9 Å². The number of rotatable bonds is 7. The third-order valence-electron chi connectivity index (χ3n) is 2.83. The fraction of sp³-hybridized carbons (Fsp3) is 0.167. The first-order valence-corrected chi connectivity index (χ1v) is 7.37. The van der Waals surface area contributed by atoms with Crippen LogP contribution in [-0.4, -0.2) is 37.0 Å². The third-order valence-corrected chi connectivity index (χ3v) is 3.72. The minimum atomic E-state index is -1.01. The van der Waals surface area contributed by atoms with Gasteiger partial charge in [0.2, 0.25) is 5.13 Å². The van der Waals surface area contributed by atoms with Crippen LogP contribution in [0.3, 0.4) is 0 Å². The quantitative estimate of drug-likeness (QED) is 0.543. The molecule has 0 atom stereocenters. The maximum absolute atomic E-state index is 12.1. The van der Waals surface area contributed by atoms with Gasteiger partial charge in [-0.05, 0) is 0 Å². The Hall–Kier alpha value is -3.48. The zero-order valence-electron chi connectivity index (χ0n) is 12.2. The number of hydrogen-bond donors (Lipinski definition) is 2. The number of benzene rings is 1. The van der Waals surface area contributed by atoms with Crippen molar-refractivity contribution in [2.24, 2.45) is 0 Å². The number of nitro benzene ring substituents is 2. The summed E-state index contributed by atoms with van der Waals surface area (Å²) >= 11 is 0.934. The molecule has 25 heavy (non-hydrogen) atoms. The number of non-ortho nitro benzene ring substituents is 2. The minimum absolute atomic E-state index is 0.0412. The highest BCUT2D eigenvalue weighted by Gasteiger charge is 2.20. The van der Waals surface area contributed by atoms with Crippen LogP contribution in [-0.2, 0) is 11.2 Å². The predicted molar refractivity (Wildman–Crippen MR) is 83.6 cm³/mol. The molecule has 2 rings (SSSR count). The van der Waals surface area contributed by atoms with Gasteiger partial charge >= 0.3 is 5.97 Å². The molecule has 0 spiro atoms. The minimum Gasteiger partial charge on any atom is -0.481 e. The van der Waals surface area contributed by atoms with Crippen LogP contribution in [0.15, 0.2) is 18.2 Å². The summed E-state index contributed by atoms with van der Waals surface area (Å²) in [4.78, 5) is 42.6. The summed E-state index contributed by atoms with van der Waals surface area (Å²) in [5.74, 6) is -1.85. The Bertz CT molecular complexity index is 833. The molecule has 0 saturated heterocycles. The highest BCUT2D eigenvalue weighted by molar-refractivity contribution is 7.15. The second-order valence-electron chi connectivity index (χ2n) is 4.60. The molecule has 1 aromatic heterocycles. The fourth-order valence-corrected chi connectivity index (χ4v) is 2.46. The topological polar surface area (TPSA) is 178 Å². The van der Waals surface area contributed by atoms with Crippen LogP contribution in [0.5, 0.6) is 0 Å². The fourth-order valence-electron chi connectivity index (χ4n) is 1.73. The molecule has 1 aromatic carbocycles. The molecule has 1 amide bonds. The van der Waals surface area contributed by atoms with Crippen LogP contribution in [0.4, 0.5) is 16.5 Å². The second-order valence-corrected chi connectivity index (χ2v) is 5.66. The van der Waals surface area contributed by atoms with E-state index in [1.807, 2.05) is 0 Å². The lowest BCUT2D eigenvalue weighted by Crippen LogP contribution is -2.12. The molecule has 0 aliphatic heterocycles. The van der Waals surface area contributed by atoms with Gasteiger partial charge in [-0.15, -0.1) is 10.2 Å². The number of nitrogens with zero attached hydrogens (tertiary/aromatic N) is 4. The standard InChI is InChI=1S/C12H9N5O7S/c18-10(19)2-1-9-14-15-12(25-9)13-11(20)6-3-7(16(21)22)5-8(4-6)17(23)24/h3-5H,1-2H2,(H,18,19)(H,13,15,20). The molecule has 12 nitrogen and oxygen atoms in total. The Morgan fingerprint density at radius 1 is 1.12 bits per heavy atom. The van der Waals surface area contributed by atoms with Crippen LogP contribution >= 0.6 is 11.3 Å². The number of carbonyl (C=O) groups excluding carboxylic acids is 1. The van der Waals surface area contributed by atoms with Crippen molar-refractivity contribution in [3.8, 4) is 0 Å². The first kappa shape index (κ1) is 17.9.